The van der Waals surface area contributed by atoms with Crippen molar-refractivity contribution < 1.29 is 0 Å². The second-order valence-corrected chi connectivity index (χ2v) is 12.6. The largest absolute Gasteiger partial charge is 0.333 e. The van der Waals surface area contributed by atoms with Crippen LogP contribution in [0.4, 0.5) is 11.4 Å². The van der Waals surface area contributed by atoms with Crippen molar-refractivity contribution in [1.82, 2.24) is 4.57 Å². The van der Waals surface area contributed by atoms with Gasteiger partial charge in [0.2, 0.25) is 0 Å². The van der Waals surface area contributed by atoms with Crippen LogP contribution in [0.5, 0.6) is 0 Å². The molecule has 2 heteroatoms. The quantitative estimate of drug-likeness (QED) is 0.202. The SMILES string of the molecule is CC1C=c2c(c3cc4c(cc3n2-c2cccc(-c3ccccc3)c2)N(c2cccc(-c3ccccc3)c2)C2C=CC=CC42)=CC1. The summed E-state index contributed by atoms with van der Waals surface area (Å²) in [6.07, 6.45) is 15.2. The summed E-state index contributed by atoms with van der Waals surface area (Å²) in [5.74, 6) is 0.805. The van der Waals surface area contributed by atoms with E-state index in [2.05, 4.69) is 174 Å². The summed E-state index contributed by atoms with van der Waals surface area (Å²) >= 11 is 0. The van der Waals surface area contributed by atoms with Crippen molar-refractivity contribution in [3.8, 4) is 27.9 Å². The predicted octanol–water partition coefficient (Wildman–Crippen LogP) is 9.30. The third kappa shape index (κ3) is 4.24. The zero-order valence-corrected chi connectivity index (χ0v) is 25.3. The molecule has 0 spiro atoms. The number of rotatable bonds is 4. The second kappa shape index (κ2) is 10.4. The van der Waals surface area contributed by atoms with Gasteiger partial charge in [-0.3, -0.25) is 0 Å². The van der Waals surface area contributed by atoms with E-state index in [9.17, 15) is 0 Å². The van der Waals surface area contributed by atoms with Gasteiger partial charge in [0.05, 0.1) is 16.9 Å². The van der Waals surface area contributed by atoms with Crippen LogP contribution < -0.4 is 15.5 Å². The molecule has 0 saturated carbocycles. The molecule has 3 unspecified atom stereocenters. The summed E-state index contributed by atoms with van der Waals surface area (Å²) in [6, 6.07) is 44.7. The van der Waals surface area contributed by atoms with Crippen molar-refractivity contribution >= 4 is 34.4 Å². The van der Waals surface area contributed by atoms with Crippen LogP contribution in [0, 0.1) is 5.92 Å². The van der Waals surface area contributed by atoms with Crippen LogP contribution in [0.3, 0.4) is 0 Å². The number of fused-ring (bicyclic) bond motifs is 6. The van der Waals surface area contributed by atoms with Crippen molar-refractivity contribution in [3.63, 3.8) is 0 Å². The lowest BCUT2D eigenvalue weighted by Crippen LogP contribution is -2.32. The molecule has 6 aromatic rings. The number of aromatic nitrogens is 1. The van der Waals surface area contributed by atoms with Crippen LogP contribution >= 0.6 is 0 Å². The average molecular weight is 579 g/mol. The minimum absolute atomic E-state index is 0.240. The van der Waals surface area contributed by atoms with Gasteiger partial charge < -0.3 is 9.47 Å². The van der Waals surface area contributed by atoms with E-state index in [0.29, 0.717) is 11.8 Å². The first kappa shape index (κ1) is 26.1. The molecule has 0 amide bonds. The first-order valence-electron chi connectivity index (χ1n) is 16.1. The second-order valence-electron chi connectivity index (χ2n) is 12.6. The maximum atomic E-state index is 2.57. The smallest absolute Gasteiger partial charge is 0.0629 e. The summed E-state index contributed by atoms with van der Waals surface area (Å²) in [4.78, 5) is 2.57. The Labute approximate surface area is 264 Å². The van der Waals surface area contributed by atoms with Crippen LogP contribution in [0.2, 0.25) is 0 Å². The molecule has 0 saturated heterocycles. The van der Waals surface area contributed by atoms with Gasteiger partial charge in [-0.2, -0.15) is 0 Å². The van der Waals surface area contributed by atoms with E-state index in [1.165, 1.54) is 66.4 Å². The van der Waals surface area contributed by atoms with Crippen LogP contribution in [-0.2, 0) is 0 Å². The molecular weight excluding hydrogens is 544 g/mol. The van der Waals surface area contributed by atoms with E-state index in [0.717, 1.165) is 6.42 Å². The first-order chi connectivity index (χ1) is 22.2. The molecule has 0 bridgehead atoms. The molecule has 3 atom stereocenters. The molecule has 1 aromatic heterocycles. The Balaban J connectivity index is 1.29. The number of hydrogen-bond acceptors (Lipinski definition) is 1. The van der Waals surface area contributed by atoms with E-state index in [1.54, 1.807) is 0 Å². The maximum Gasteiger partial charge on any atom is 0.0629 e. The average Bonchev–Trinajstić information content (AvgIpc) is 3.59. The lowest BCUT2D eigenvalue weighted by molar-refractivity contribution is 0.745. The van der Waals surface area contributed by atoms with Crippen molar-refractivity contribution in [3.05, 3.63) is 162 Å². The number of benzene rings is 5. The van der Waals surface area contributed by atoms with Crippen molar-refractivity contribution in [1.29, 1.82) is 0 Å². The molecule has 216 valence electrons. The molecule has 45 heavy (non-hydrogen) atoms. The van der Waals surface area contributed by atoms with Crippen molar-refractivity contribution in [2.24, 2.45) is 5.92 Å². The Morgan fingerprint density at radius 2 is 1.27 bits per heavy atom. The lowest BCUT2D eigenvalue weighted by atomic mass is 9.90. The van der Waals surface area contributed by atoms with Crippen molar-refractivity contribution in [2.45, 2.75) is 25.3 Å². The molecule has 2 nitrogen and oxygen atoms in total. The Morgan fingerprint density at radius 3 is 2.00 bits per heavy atom. The van der Waals surface area contributed by atoms with Gasteiger partial charge >= 0.3 is 0 Å². The number of allylic oxidation sites excluding steroid dienone is 2. The highest BCUT2D eigenvalue weighted by atomic mass is 15.2. The molecule has 2 heterocycles. The molecule has 0 radical (unpaired) electrons. The molecule has 5 aromatic carbocycles. The fourth-order valence-electron chi connectivity index (χ4n) is 7.68. The third-order valence-electron chi connectivity index (χ3n) is 9.79. The predicted molar refractivity (Wildman–Crippen MR) is 189 cm³/mol. The van der Waals surface area contributed by atoms with Crippen LogP contribution in [0.15, 0.2) is 146 Å². The molecule has 9 rings (SSSR count). The number of anilines is 2. The van der Waals surface area contributed by atoms with E-state index >= 15 is 0 Å². The topological polar surface area (TPSA) is 8.17 Å². The molecule has 2 aliphatic carbocycles. The van der Waals surface area contributed by atoms with E-state index in [1.807, 2.05) is 0 Å². The minimum Gasteiger partial charge on any atom is -0.333 e. The highest BCUT2D eigenvalue weighted by Crippen LogP contribution is 2.49. The van der Waals surface area contributed by atoms with Crippen molar-refractivity contribution in [2.75, 3.05) is 4.90 Å². The summed E-state index contributed by atoms with van der Waals surface area (Å²) in [5, 5.41) is 4.02. The van der Waals surface area contributed by atoms with E-state index in [-0.39, 0.29) is 6.04 Å². The Bertz CT molecular complexity index is 2270. The van der Waals surface area contributed by atoms with Gasteiger partial charge in [-0.15, -0.1) is 0 Å². The summed E-state index contributed by atoms with van der Waals surface area (Å²) in [7, 11) is 0. The minimum atomic E-state index is 0.240. The van der Waals surface area contributed by atoms with Gasteiger partial charge in [0.1, 0.15) is 0 Å². The molecule has 0 fully saturated rings. The van der Waals surface area contributed by atoms with Gasteiger partial charge in [0.25, 0.3) is 0 Å². The Kier molecular flexibility index (Phi) is 6.02. The van der Waals surface area contributed by atoms with Crippen LogP contribution in [0.1, 0.15) is 24.8 Å². The summed E-state index contributed by atoms with van der Waals surface area (Å²) < 4.78 is 2.51. The molecular formula is C43H34N2. The summed E-state index contributed by atoms with van der Waals surface area (Å²) in [6.45, 7) is 2.33. The third-order valence-corrected chi connectivity index (χ3v) is 9.79. The lowest BCUT2D eigenvalue weighted by Gasteiger charge is -2.29. The van der Waals surface area contributed by atoms with Crippen LogP contribution in [0.25, 0.3) is 51.0 Å². The Hall–Kier alpha value is -5.34. The van der Waals surface area contributed by atoms with E-state index < -0.39 is 0 Å². The van der Waals surface area contributed by atoms with Gasteiger partial charge in [-0.25, -0.2) is 0 Å². The fraction of sp³-hybridized carbons (Fsp3) is 0.116. The van der Waals surface area contributed by atoms with Gasteiger partial charge in [-0.05, 0) is 76.6 Å². The summed E-state index contributed by atoms with van der Waals surface area (Å²) in [5.41, 5.74) is 11.3. The number of hydrogen-bond donors (Lipinski definition) is 0. The maximum absolute atomic E-state index is 2.57. The zero-order chi connectivity index (χ0) is 29.9. The molecule has 1 aliphatic heterocycles. The molecule has 3 aliphatic rings. The Morgan fingerprint density at radius 1 is 0.622 bits per heavy atom. The van der Waals surface area contributed by atoms with Gasteiger partial charge in [-0.1, -0.05) is 128 Å². The highest BCUT2D eigenvalue weighted by Gasteiger charge is 2.38. The normalized spacial score (nSPS) is 19.5. The monoisotopic (exact) mass is 578 g/mol. The first-order valence-corrected chi connectivity index (χ1v) is 16.1. The highest BCUT2D eigenvalue weighted by molar-refractivity contribution is 5.93. The van der Waals surface area contributed by atoms with Crippen LogP contribution in [-0.4, -0.2) is 10.6 Å². The van der Waals surface area contributed by atoms with Gasteiger partial charge in [0, 0.05) is 33.6 Å². The number of nitrogens with zero attached hydrogens (tertiary/aromatic N) is 2. The standard InChI is InChI=1S/C43H34N2/c1-29-22-23-37-39-27-38-36-20-8-9-21-40(36)44(34-18-10-16-32(25-34)30-12-4-2-5-13-30)42(38)28-43(39)45(41(37)24-29)35-19-11-17-33(26-35)31-14-6-3-7-15-31/h2-21,23-29,36,40H,22H2,1H3. The van der Waals surface area contributed by atoms with Gasteiger partial charge in [0.15, 0.2) is 0 Å². The zero-order valence-electron chi connectivity index (χ0n) is 25.3. The fourth-order valence-corrected chi connectivity index (χ4v) is 7.68. The molecule has 0 N–H and O–H groups in total. The van der Waals surface area contributed by atoms with E-state index in [4.69, 9.17) is 0 Å².